The third-order valence-electron chi connectivity index (χ3n) is 5.51. The Morgan fingerprint density at radius 3 is 2.44 bits per heavy atom. The Labute approximate surface area is 198 Å². The number of thiazole rings is 1. The summed E-state index contributed by atoms with van der Waals surface area (Å²) in [5, 5.41) is 9.48. The summed E-state index contributed by atoms with van der Waals surface area (Å²) in [6, 6.07) is 8.09. The number of alkyl halides is 3. The van der Waals surface area contributed by atoms with E-state index in [-0.39, 0.29) is 18.1 Å². The molecule has 3 aromatic heterocycles. The Morgan fingerprint density at radius 2 is 1.79 bits per heavy atom. The average molecular weight is 489 g/mol. The van der Waals surface area contributed by atoms with Crippen molar-refractivity contribution in [3.05, 3.63) is 63.0 Å². The molecule has 0 bridgehead atoms. The number of benzene rings is 1. The molecule has 0 spiro atoms. The van der Waals surface area contributed by atoms with Crippen LogP contribution in [0, 0.1) is 20.8 Å². The molecule has 0 unspecified atom stereocenters. The van der Waals surface area contributed by atoms with Gasteiger partial charge in [-0.3, -0.25) is 4.79 Å². The summed E-state index contributed by atoms with van der Waals surface area (Å²) in [5.41, 5.74) is 4.84. The van der Waals surface area contributed by atoms with Crippen molar-refractivity contribution in [2.45, 2.75) is 46.2 Å². The Kier molecular flexibility index (Phi) is 6.65. The number of fused-ring (bicyclic) bond motifs is 1. The molecule has 3 heterocycles. The SMILES string of the molecule is Cc1nc(-c2ccc(CCNC(=O)CCc3c(C)nc4nc(C(F)(F)F)nn4c3C)cc2)cs1. The van der Waals surface area contributed by atoms with Gasteiger partial charge in [0.25, 0.3) is 11.6 Å². The summed E-state index contributed by atoms with van der Waals surface area (Å²) in [7, 11) is 0. The van der Waals surface area contributed by atoms with Crippen molar-refractivity contribution < 1.29 is 18.0 Å². The molecule has 0 aliphatic carbocycles. The summed E-state index contributed by atoms with van der Waals surface area (Å²) >= 11 is 1.61. The molecule has 1 N–H and O–H groups in total. The molecule has 11 heteroatoms. The van der Waals surface area contributed by atoms with Crippen LogP contribution in [0.2, 0.25) is 0 Å². The zero-order valence-corrected chi connectivity index (χ0v) is 19.7. The van der Waals surface area contributed by atoms with Crippen molar-refractivity contribution >= 4 is 23.0 Å². The molecular formula is C23H23F3N6OS. The third kappa shape index (κ3) is 5.24. The van der Waals surface area contributed by atoms with E-state index in [9.17, 15) is 18.0 Å². The molecule has 0 aliphatic rings. The van der Waals surface area contributed by atoms with Gasteiger partial charge in [0.1, 0.15) is 0 Å². The van der Waals surface area contributed by atoms with E-state index in [1.165, 1.54) is 0 Å². The van der Waals surface area contributed by atoms with E-state index in [2.05, 4.69) is 25.4 Å². The maximum absolute atomic E-state index is 12.9. The van der Waals surface area contributed by atoms with Crippen LogP contribution in [0.15, 0.2) is 29.6 Å². The molecule has 0 aliphatic heterocycles. The minimum atomic E-state index is -4.64. The lowest BCUT2D eigenvalue weighted by atomic mass is 10.1. The first kappa shape index (κ1) is 23.8. The van der Waals surface area contributed by atoms with Gasteiger partial charge < -0.3 is 5.32 Å². The molecule has 0 saturated carbocycles. The van der Waals surface area contributed by atoms with Crippen LogP contribution >= 0.6 is 11.3 Å². The topological polar surface area (TPSA) is 85.1 Å². The maximum atomic E-state index is 12.9. The summed E-state index contributed by atoms with van der Waals surface area (Å²) in [5.74, 6) is -1.47. The predicted molar refractivity (Wildman–Crippen MR) is 123 cm³/mol. The van der Waals surface area contributed by atoms with Crippen LogP contribution in [0.5, 0.6) is 0 Å². The van der Waals surface area contributed by atoms with Crippen LogP contribution in [0.4, 0.5) is 13.2 Å². The number of amides is 1. The summed E-state index contributed by atoms with van der Waals surface area (Å²) < 4.78 is 39.9. The molecule has 4 aromatic rings. The monoisotopic (exact) mass is 488 g/mol. The van der Waals surface area contributed by atoms with Crippen molar-refractivity contribution in [2.24, 2.45) is 0 Å². The number of nitrogens with zero attached hydrogens (tertiary/aromatic N) is 5. The number of aromatic nitrogens is 5. The third-order valence-corrected chi connectivity index (χ3v) is 6.28. The van der Waals surface area contributed by atoms with Crippen molar-refractivity contribution in [3.8, 4) is 11.3 Å². The zero-order chi connectivity index (χ0) is 24.5. The summed E-state index contributed by atoms with van der Waals surface area (Å²) in [6.07, 6.45) is -3.42. The average Bonchev–Trinajstić information content (AvgIpc) is 3.40. The van der Waals surface area contributed by atoms with Crippen molar-refractivity contribution in [1.29, 1.82) is 0 Å². The highest BCUT2D eigenvalue weighted by Gasteiger charge is 2.37. The second kappa shape index (κ2) is 9.49. The lowest BCUT2D eigenvalue weighted by Crippen LogP contribution is -2.26. The molecule has 0 radical (unpaired) electrons. The minimum Gasteiger partial charge on any atom is -0.356 e. The highest BCUT2D eigenvalue weighted by atomic mass is 32.1. The van der Waals surface area contributed by atoms with Gasteiger partial charge in [-0.05, 0) is 44.7 Å². The number of carbonyl (C=O) groups is 1. The number of hydrogen-bond acceptors (Lipinski definition) is 6. The Morgan fingerprint density at radius 1 is 1.06 bits per heavy atom. The molecule has 1 amide bonds. The highest BCUT2D eigenvalue weighted by molar-refractivity contribution is 7.09. The number of aryl methyl sites for hydroxylation is 3. The summed E-state index contributed by atoms with van der Waals surface area (Å²) in [4.78, 5) is 24.4. The van der Waals surface area contributed by atoms with E-state index < -0.39 is 12.0 Å². The molecule has 0 atom stereocenters. The fourth-order valence-corrected chi connectivity index (χ4v) is 4.32. The number of nitrogens with one attached hydrogen (secondary N) is 1. The fourth-order valence-electron chi connectivity index (χ4n) is 3.70. The quantitative estimate of drug-likeness (QED) is 0.415. The van der Waals surface area contributed by atoms with Gasteiger partial charge in [0.05, 0.1) is 10.7 Å². The first-order valence-electron chi connectivity index (χ1n) is 10.7. The Bertz CT molecular complexity index is 1330. The number of carbonyl (C=O) groups excluding carboxylic acids is 1. The number of hydrogen-bond donors (Lipinski definition) is 1. The van der Waals surface area contributed by atoms with E-state index in [0.717, 1.165) is 26.3 Å². The van der Waals surface area contributed by atoms with Crippen LogP contribution in [-0.4, -0.2) is 37.0 Å². The van der Waals surface area contributed by atoms with E-state index in [1.54, 1.807) is 25.2 Å². The van der Waals surface area contributed by atoms with Crippen molar-refractivity contribution in [1.82, 2.24) is 29.9 Å². The zero-order valence-electron chi connectivity index (χ0n) is 18.9. The molecule has 0 fully saturated rings. The van der Waals surface area contributed by atoms with Crippen LogP contribution in [0.1, 0.15) is 39.8 Å². The molecule has 178 valence electrons. The van der Waals surface area contributed by atoms with Gasteiger partial charge in [0.2, 0.25) is 5.91 Å². The molecule has 7 nitrogen and oxygen atoms in total. The molecular weight excluding hydrogens is 465 g/mol. The van der Waals surface area contributed by atoms with Gasteiger partial charge in [-0.25, -0.2) is 14.5 Å². The lowest BCUT2D eigenvalue weighted by molar-refractivity contribution is -0.144. The minimum absolute atomic E-state index is 0.105. The van der Waals surface area contributed by atoms with Gasteiger partial charge in [0.15, 0.2) is 0 Å². The van der Waals surface area contributed by atoms with Crippen LogP contribution in [0.3, 0.4) is 0 Å². The lowest BCUT2D eigenvalue weighted by Gasteiger charge is -2.10. The smallest absolute Gasteiger partial charge is 0.356 e. The normalized spacial score (nSPS) is 11.8. The second-order valence-electron chi connectivity index (χ2n) is 7.95. The van der Waals surface area contributed by atoms with Crippen LogP contribution < -0.4 is 5.32 Å². The van der Waals surface area contributed by atoms with Crippen LogP contribution in [0.25, 0.3) is 17.0 Å². The van der Waals surface area contributed by atoms with Gasteiger partial charge in [0, 0.05) is 35.3 Å². The largest absolute Gasteiger partial charge is 0.453 e. The molecule has 0 saturated heterocycles. The van der Waals surface area contributed by atoms with Gasteiger partial charge in [-0.15, -0.1) is 16.4 Å². The van der Waals surface area contributed by atoms with E-state index in [0.29, 0.717) is 36.3 Å². The van der Waals surface area contributed by atoms with E-state index >= 15 is 0 Å². The highest BCUT2D eigenvalue weighted by Crippen LogP contribution is 2.27. The number of rotatable bonds is 7. The second-order valence-corrected chi connectivity index (χ2v) is 9.02. The van der Waals surface area contributed by atoms with Crippen molar-refractivity contribution in [3.63, 3.8) is 0 Å². The standard InChI is InChI=1S/C23H23F3N6OS/c1-13-18(14(2)32-22(28-13)30-21(31-32)23(24,25)26)8-9-20(33)27-11-10-16-4-6-17(7-5-16)19-12-34-15(3)29-19/h4-7,12H,8-11H2,1-3H3,(H,27,33). The van der Waals surface area contributed by atoms with Crippen molar-refractivity contribution in [2.75, 3.05) is 6.54 Å². The van der Waals surface area contributed by atoms with E-state index in [4.69, 9.17) is 0 Å². The van der Waals surface area contributed by atoms with E-state index in [1.807, 2.05) is 36.6 Å². The summed E-state index contributed by atoms with van der Waals surface area (Å²) in [6.45, 7) is 5.81. The van der Waals surface area contributed by atoms with Gasteiger partial charge in [-0.2, -0.15) is 18.2 Å². The Balaban J connectivity index is 1.31. The predicted octanol–water partition coefficient (Wildman–Crippen LogP) is 4.48. The van der Waals surface area contributed by atoms with Crippen LogP contribution in [-0.2, 0) is 23.8 Å². The fraction of sp³-hybridized carbons (Fsp3) is 0.348. The molecule has 4 rings (SSSR count). The first-order chi connectivity index (χ1) is 16.1. The van der Waals surface area contributed by atoms with Gasteiger partial charge in [-0.1, -0.05) is 24.3 Å². The Hall–Kier alpha value is -3.34. The number of halogens is 3. The van der Waals surface area contributed by atoms with Gasteiger partial charge >= 0.3 is 6.18 Å². The molecule has 1 aromatic carbocycles. The molecule has 34 heavy (non-hydrogen) atoms. The maximum Gasteiger partial charge on any atom is 0.453 e. The first-order valence-corrected chi connectivity index (χ1v) is 11.6.